The van der Waals surface area contributed by atoms with Crippen LogP contribution in [0.1, 0.15) is 5.56 Å². The Morgan fingerprint density at radius 3 is 2.47 bits per heavy atom. The summed E-state index contributed by atoms with van der Waals surface area (Å²) in [4.78, 5) is 0. The first kappa shape index (κ1) is 16.3. The van der Waals surface area contributed by atoms with E-state index in [-0.39, 0.29) is 0 Å². The minimum atomic E-state index is 0.391. The van der Waals surface area contributed by atoms with Crippen LogP contribution in [0.25, 0.3) is 0 Å². The molecule has 1 aromatic rings. The topological polar surface area (TPSA) is 69.2 Å². The van der Waals surface area contributed by atoms with Gasteiger partial charge in [0.25, 0.3) is 0 Å². The molecule has 8 heteroatoms. The van der Waals surface area contributed by atoms with Crippen molar-refractivity contribution in [2.45, 2.75) is 0 Å². The van der Waals surface area contributed by atoms with Gasteiger partial charge in [0.05, 0.1) is 24.9 Å². The lowest BCUT2D eigenvalue weighted by Crippen LogP contribution is -2.04. The van der Waals surface area contributed by atoms with Crippen molar-refractivity contribution < 1.29 is 9.47 Å². The molecule has 5 nitrogen and oxygen atoms in total. The molecule has 2 N–H and O–H groups in total. The summed E-state index contributed by atoms with van der Waals surface area (Å²) in [5, 5.41) is 8.13. The molecule has 0 aliphatic heterocycles. The average molecular weight is 411 g/mol. The van der Waals surface area contributed by atoms with Gasteiger partial charge in [-0.05, 0) is 44.2 Å². The zero-order chi connectivity index (χ0) is 14.4. The van der Waals surface area contributed by atoms with E-state index < -0.39 is 0 Å². The Morgan fingerprint density at radius 2 is 1.95 bits per heavy atom. The number of benzene rings is 1. The first-order chi connectivity index (χ1) is 9.04. The third-order valence-corrected chi connectivity index (χ3v) is 3.94. The van der Waals surface area contributed by atoms with Crippen molar-refractivity contribution in [3.63, 3.8) is 0 Å². The largest absolute Gasteiger partial charge is 0.495 e. The second-order valence-corrected chi connectivity index (χ2v) is 5.69. The van der Waals surface area contributed by atoms with Gasteiger partial charge in [0.2, 0.25) is 0 Å². The molecule has 0 saturated carbocycles. The minimum absolute atomic E-state index is 0.391. The van der Waals surface area contributed by atoms with E-state index in [9.17, 15) is 0 Å². The lowest BCUT2D eigenvalue weighted by Gasteiger charge is -2.12. The third kappa shape index (κ3) is 4.12. The number of thioether (sulfide) groups is 1. The Bertz CT molecular complexity index is 521. The first-order valence-electron chi connectivity index (χ1n) is 5.05. The summed E-state index contributed by atoms with van der Waals surface area (Å²) in [6, 6.07) is 1.83. The van der Waals surface area contributed by atoms with Crippen molar-refractivity contribution in [3.8, 4) is 11.5 Å². The van der Waals surface area contributed by atoms with E-state index in [0.717, 1.165) is 10.0 Å². The van der Waals surface area contributed by atoms with Crippen LogP contribution in [-0.4, -0.2) is 31.9 Å². The lowest BCUT2D eigenvalue weighted by molar-refractivity contribution is 0.387. The normalized spacial score (nSPS) is 11.9. The molecule has 0 aliphatic rings. The second kappa shape index (κ2) is 7.76. The van der Waals surface area contributed by atoms with Gasteiger partial charge in [-0.1, -0.05) is 11.8 Å². The molecule has 0 spiro atoms. The number of nitrogens with two attached hydrogens (primary N) is 1. The fourth-order valence-corrected chi connectivity index (χ4v) is 3.05. The molecular formula is C11H13Br2N3O2S. The maximum Gasteiger partial charge on any atom is 0.180 e. The molecule has 0 aliphatic carbocycles. The fourth-order valence-electron chi connectivity index (χ4n) is 1.28. The molecule has 0 fully saturated rings. The van der Waals surface area contributed by atoms with Crippen LogP contribution in [0.5, 0.6) is 11.5 Å². The zero-order valence-electron chi connectivity index (χ0n) is 10.6. The van der Waals surface area contributed by atoms with Crippen molar-refractivity contribution in [2.75, 3.05) is 20.5 Å². The van der Waals surface area contributed by atoms with Crippen LogP contribution >= 0.6 is 43.6 Å². The first-order valence-corrected chi connectivity index (χ1v) is 7.86. The number of amidine groups is 1. The van der Waals surface area contributed by atoms with Crippen molar-refractivity contribution in [1.29, 1.82) is 0 Å². The number of methoxy groups -OCH3 is 2. The Morgan fingerprint density at radius 1 is 1.32 bits per heavy atom. The van der Waals surface area contributed by atoms with Crippen LogP contribution in [0.3, 0.4) is 0 Å². The number of hydrogen-bond donors (Lipinski definition) is 1. The molecule has 0 saturated heterocycles. The number of rotatable bonds is 4. The van der Waals surface area contributed by atoms with Gasteiger partial charge in [-0.3, -0.25) is 0 Å². The van der Waals surface area contributed by atoms with Crippen LogP contribution in [0, 0.1) is 0 Å². The molecule has 1 aromatic carbocycles. The van der Waals surface area contributed by atoms with Crippen molar-refractivity contribution in [2.24, 2.45) is 15.9 Å². The maximum absolute atomic E-state index is 5.54. The van der Waals surface area contributed by atoms with E-state index in [1.807, 2.05) is 12.3 Å². The van der Waals surface area contributed by atoms with Crippen molar-refractivity contribution in [3.05, 3.63) is 20.6 Å². The molecule has 0 radical (unpaired) electrons. The summed E-state index contributed by atoms with van der Waals surface area (Å²) in [6.45, 7) is 0. The highest BCUT2D eigenvalue weighted by Crippen LogP contribution is 2.42. The molecular weight excluding hydrogens is 398 g/mol. The van der Waals surface area contributed by atoms with Crippen LogP contribution < -0.4 is 15.2 Å². The van der Waals surface area contributed by atoms with Gasteiger partial charge < -0.3 is 15.2 Å². The predicted molar refractivity (Wildman–Crippen MR) is 87.7 cm³/mol. The van der Waals surface area contributed by atoms with Gasteiger partial charge in [-0.15, -0.1) is 5.10 Å². The van der Waals surface area contributed by atoms with Gasteiger partial charge in [-0.2, -0.15) is 5.10 Å². The standard InChI is InChI=1S/C11H13Br2N3O2S/c1-17-9-6(5-15-16-11(14)19-3)4-7(12)10(18-2)8(9)13/h4-5H,1-3H3,(H2,14,16)/b15-5-. The average Bonchev–Trinajstić information content (AvgIpc) is 2.39. The van der Waals surface area contributed by atoms with Crippen LogP contribution in [0.2, 0.25) is 0 Å². The number of hydrogen-bond acceptors (Lipinski definition) is 5. The molecule has 0 amide bonds. The summed E-state index contributed by atoms with van der Waals surface area (Å²) in [5.41, 5.74) is 6.29. The Kier molecular flexibility index (Phi) is 6.67. The van der Waals surface area contributed by atoms with E-state index in [2.05, 4.69) is 42.1 Å². The molecule has 104 valence electrons. The van der Waals surface area contributed by atoms with Gasteiger partial charge in [0.15, 0.2) is 10.9 Å². The molecule has 0 bridgehead atoms. The number of ether oxygens (including phenoxy) is 2. The number of halogens is 2. The predicted octanol–water partition coefficient (Wildman–Crippen LogP) is 3.24. The van der Waals surface area contributed by atoms with E-state index in [1.54, 1.807) is 20.4 Å². The van der Waals surface area contributed by atoms with Crippen molar-refractivity contribution >= 4 is 55.0 Å². The Labute approximate surface area is 132 Å². The van der Waals surface area contributed by atoms with Gasteiger partial charge in [-0.25, -0.2) is 0 Å². The number of nitrogens with zero attached hydrogens (tertiary/aromatic N) is 2. The summed E-state index contributed by atoms with van der Waals surface area (Å²) >= 11 is 8.18. The van der Waals surface area contributed by atoms with Crippen LogP contribution in [0.4, 0.5) is 0 Å². The molecule has 0 atom stereocenters. The molecule has 19 heavy (non-hydrogen) atoms. The monoisotopic (exact) mass is 409 g/mol. The van der Waals surface area contributed by atoms with E-state index in [4.69, 9.17) is 15.2 Å². The SMILES string of the molecule is COc1c(Br)cc(/C=N\N=C(/N)SC)c(OC)c1Br. The Hall–Kier alpha value is -0.730. The van der Waals surface area contributed by atoms with Crippen molar-refractivity contribution in [1.82, 2.24) is 0 Å². The summed E-state index contributed by atoms with van der Waals surface area (Å²) in [5.74, 6) is 1.27. The van der Waals surface area contributed by atoms with Crippen LogP contribution in [0.15, 0.2) is 25.2 Å². The quantitative estimate of drug-likeness (QED) is 0.470. The highest BCUT2D eigenvalue weighted by molar-refractivity contribution is 9.11. The summed E-state index contributed by atoms with van der Waals surface area (Å²) in [7, 11) is 3.16. The van der Waals surface area contributed by atoms with E-state index in [1.165, 1.54) is 11.8 Å². The van der Waals surface area contributed by atoms with E-state index in [0.29, 0.717) is 21.1 Å². The molecule has 0 unspecified atom stereocenters. The molecule has 0 aromatic heterocycles. The van der Waals surface area contributed by atoms with Gasteiger partial charge >= 0.3 is 0 Å². The molecule has 0 heterocycles. The Balaban J connectivity index is 3.21. The highest BCUT2D eigenvalue weighted by Gasteiger charge is 2.15. The second-order valence-electron chi connectivity index (χ2n) is 3.22. The lowest BCUT2D eigenvalue weighted by atomic mass is 10.2. The highest BCUT2D eigenvalue weighted by atomic mass is 79.9. The minimum Gasteiger partial charge on any atom is -0.495 e. The molecule has 1 rings (SSSR count). The van der Waals surface area contributed by atoms with E-state index >= 15 is 0 Å². The zero-order valence-corrected chi connectivity index (χ0v) is 14.6. The summed E-state index contributed by atoms with van der Waals surface area (Å²) < 4.78 is 12.1. The van der Waals surface area contributed by atoms with Crippen LogP contribution in [-0.2, 0) is 0 Å². The van der Waals surface area contributed by atoms with Gasteiger partial charge in [0, 0.05) is 5.56 Å². The third-order valence-electron chi connectivity index (χ3n) is 2.13. The fraction of sp³-hybridized carbons (Fsp3) is 0.273. The smallest absolute Gasteiger partial charge is 0.180 e. The summed E-state index contributed by atoms with van der Waals surface area (Å²) in [6.07, 6.45) is 3.40. The maximum atomic E-state index is 5.54. The van der Waals surface area contributed by atoms with Gasteiger partial charge in [0.1, 0.15) is 10.2 Å².